The van der Waals surface area contributed by atoms with Gasteiger partial charge in [-0.1, -0.05) is 54.6 Å². The zero-order valence-corrected chi connectivity index (χ0v) is 19.3. The molecule has 0 aliphatic carbocycles. The molecular weight excluding hydrogens is 452 g/mol. The van der Waals surface area contributed by atoms with Gasteiger partial charge in [0.1, 0.15) is 12.1 Å². The average Bonchev–Trinajstić information content (AvgIpc) is 3.49. The van der Waals surface area contributed by atoms with Crippen LogP contribution in [-0.2, 0) is 27.2 Å². The maximum atomic E-state index is 13.0. The van der Waals surface area contributed by atoms with Crippen LogP contribution in [0.25, 0.3) is 11.1 Å². The van der Waals surface area contributed by atoms with Crippen molar-refractivity contribution >= 4 is 29.1 Å². The zero-order chi connectivity index (χ0) is 24.1. The second kappa shape index (κ2) is 10.6. The van der Waals surface area contributed by atoms with Gasteiger partial charge in [-0.05, 0) is 16.7 Å². The molecule has 1 aliphatic rings. The molecule has 0 unspecified atom stereocenters. The van der Waals surface area contributed by atoms with Crippen LogP contribution >= 0.6 is 11.3 Å². The lowest BCUT2D eigenvalue weighted by Gasteiger charge is -2.25. The van der Waals surface area contributed by atoms with Crippen LogP contribution in [0.15, 0.2) is 66.3 Å². The fourth-order valence-corrected chi connectivity index (χ4v) is 4.69. The van der Waals surface area contributed by atoms with Gasteiger partial charge in [-0.3, -0.25) is 19.4 Å². The minimum atomic E-state index is -0.939. The topological polar surface area (TPSA) is 126 Å². The van der Waals surface area contributed by atoms with E-state index in [0.29, 0.717) is 0 Å². The molecule has 0 bridgehead atoms. The molecule has 4 N–H and O–H groups in total. The van der Waals surface area contributed by atoms with Gasteiger partial charge in [0.2, 0.25) is 17.7 Å². The summed E-state index contributed by atoms with van der Waals surface area (Å²) in [5.74, 6) is -1.44. The molecule has 34 heavy (non-hydrogen) atoms. The number of carbonyl (C=O) groups is 3. The summed E-state index contributed by atoms with van der Waals surface area (Å²) in [6.45, 7) is 0.0674. The number of nitrogens with one attached hydrogen (secondary N) is 1. The molecule has 1 saturated heterocycles. The Morgan fingerprint density at radius 1 is 1.12 bits per heavy atom. The Kier molecular flexibility index (Phi) is 7.34. The van der Waals surface area contributed by atoms with Gasteiger partial charge < -0.3 is 21.1 Å². The maximum absolute atomic E-state index is 13.0. The molecule has 0 radical (unpaired) electrons. The maximum Gasteiger partial charge on any atom is 0.243 e. The molecule has 0 spiro atoms. The van der Waals surface area contributed by atoms with Gasteiger partial charge in [0.15, 0.2) is 0 Å². The molecule has 2 aromatic carbocycles. The molecule has 3 atom stereocenters. The van der Waals surface area contributed by atoms with E-state index in [2.05, 4.69) is 10.3 Å². The van der Waals surface area contributed by atoms with Crippen molar-refractivity contribution in [1.82, 2.24) is 15.2 Å². The minimum absolute atomic E-state index is 0.0674. The molecule has 9 heteroatoms. The largest absolute Gasteiger partial charge is 0.391 e. The summed E-state index contributed by atoms with van der Waals surface area (Å²) in [6, 6.07) is 15.8. The predicted molar refractivity (Wildman–Crippen MR) is 129 cm³/mol. The predicted octanol–water partition coefficient (Wildman–Crippen LogP) is 1.53. The first kappa shape index (κ1) is 23.6. The van der Waals surface area contributed by atoms with Gasteiger partial charge in [0.05, 0.1) is 18.0 Å². The number of aromatic nitrogens is 1. The number of aliphatic hydroxyl groups is 1. The van der Waals surface area contributed by atoms with Gasteiger partial charge >= 0.3 is 0 Å². The third-order valence-electron chi connectivity index (χ3n) is 5.87. The van der Waals surface area contributed by atoms with Crippen molar-refractivity contribution in [2.45, 2.75) is 37.5 Å². The quantitative estimate of drug-likeness (QED) is 0.453. The highest BCUT2D eigenvalue weighted by molar-refractivity contribution is 7.09. The van der Waals surface area contributed by atoms with E-state index in [4.69, 9.17) is 5.73 Å². The zero-order valence-electron chi connectivity index (χ0n) is 18.5. The van der Waals surface area contributed by atoms with E-state index < -0.39 is 30.0 Å². The lowest BCUT2D eigenvalue weighted by Crippen LogP contribution is -2.53. The highest BCUT2D eigenvalue weighted by Crippen LogP contribution is 2.22. The van der Waals surface area contributed by atoms with Gasteiger partial charge in [0, 0.05) is 30.5 Å². The summed E-state index contributed by atoms with van der Waals surface area (Å²) < 4.78 is 0. The second-order valence-electron chi connectivity index (χ2n) is 8.33. The van der Waals surface area contributed by atoms with E-state index in [-0.39, 0.29) is 31.7 Å². The Morgan fingerprint density at radius 2 is 1.82 bits per heavy atom. The van der Waals surface area contributed by atoms with Crippen LogP contribution < -0.4 is 11.1 Å². The van der Waals surface area contributed by atoms with Crippen molar-refractivity contribution in [3.8, 4) is 11.1 Å². The van der Waals surface area contributed by atoms with E-state index >= 15 is 0 Å². The number of hydrogen-bond acceptors (Lipinski definition) is 6. The molecule has 3 aromatic rings. The molecule has 1 aliphatic heterocycles. The van der Waals surface area contributed by atoms with Gasteiger partial charge in [-0.15, -0.1) is 11.3 Å². The first-order chi connectivity index (χ1) is 16.4. The Labute approximate surface area is 201 Å². The molecule has 3 amide bonds. The second-order valence-corrected chi connectivity index (χ2v) is 9.30. The number of likely N-dealkylation sites (tertiary alicyclic amines) is 1. The number of carbonyl (C=O) groups excluding carboxylic acids is 3. The molecule has 1 aromatic heterocycles. The average molecular weight is 479 g/mol. The van der Waals surface area contributed by atoms with Gasteiger partial charge in [0.25, 0.3) is 0 Å². The first-order valence-electron chi connectivity index (χ1n) is 11.0. The number of hydrogen-bond donors (Lipinski definition) is 3. The summed E-state index contributed by atoms with van der Waals surface area (Å²) in [4.78, 5) is 44.0. The number of benzene rings is 2. The number of rotatable bonds is 8. The van der Waals surface area contributed by atoms with E-state index in [1.54, 1.807) is 11.7 Å². The summed E-state index contributed by atoms with van der Waals surface area (Å²) in [7, 11) is 0. The van der Waals surface area contributed by atoms with Gasteiger partial charge in [-0.25, -0.2) is 0 Å². The Hall–Kier alpha value is -3.56. The number of nitrogens with zero attached hydrogens (tertiary/aromatic N) is 2. The van der Waals surface area contributed by atoms with Crippen LogP contribution in [0.4, 0.5) is 0 Å². The number of aliphatic hydroxyl groups excluding tert-OH is 1. The molecule has 8 nitrogen and oxygen atoms in total. The summed E-state index contributed by atoms with van der Waals surface area (Å²) >= 11 is 1.35. The van der Waals surface area contributed by atoms with Gasteiger partial charge in [-0.2, -0.15) is 0 Å². The van der Waals surface area contributed by atoms with Crippen molar-refractivity contribution in [2.24, 2.45) is 5.73 Å². The molecule has 1 fully saturated rings. The summed E-state index contributed by atoms with van der Waals surface area (Å²) in [5, 5.41) is 12.8. The first-order valence-corrected chi connectivity index (χ1v) is 11.9. The minimum Gasteiger partial charge on any atom is -0.391 e. The van der Waals surface area contributed by atoms with Crippen LogP contribution in [0, 0.1) is 0 Å². The Balaban J connectivity index is 1.42. The monoisotopic (exact) mass is 478 g/mol. The summed E-state index contributed by atoms with van der Waals surface area (Å²) in [5.41, 5.74) is 10.2. The van der Waals surface area contributed by atoms with Crippen molar-refractivity contribution in [1.29, 1.82) is 0 Å². The lowest BCUT2D eigenvalue weighted by molar-refractivity contribution is -0.138. The standard InChI is InChI=1S/C25H26N4O4S/c26-24(32)21(10-16-6-8-18(9-7-16)17-4-2-1-3-5-17)28-25(33)22-11-19(30)14-29(22)23(31)12-20-13-27-15-34-20/h1-9,13,15,19,21-22,30H,10-12,14H2,(H2,26,32)(H,28,33)/t19-,21-,22+/m1/s1. The molecule has 176 valence electrons. The molecule has 4 rings (SSSR count). The number of amides is 3. The van der Waals surface area contributed by atoms with E-state index in [1.807, 2.05) is 54.6 Å². The van der Waals surface area contributed by atoms with Crippen LogP contribution in [0.3, 0.4) is 0 Å². The van der Waals surface area contributed by atoms with E-state index in [1.165, 1.54) is 16.2 Å². The third-order valence-corrected chi connectivity index (χ3v) is 6.65. The SMILES string of the molecule is NC(=O)[C@@H](Cc1ccc(-c2ccccc2)cc1)NC(=O)[C@@H]1C[C@@H](O)CN1C(=O)Cc1cncs1. The Bertz CT molecular complexity index is 1140. The van der Waals surface area contributed by atoms with Crippen molar-refractivity contribution in [3.05, 3.63) is 76.7 Å². The smallest absolute Gasteiger partial charge is 0.243 e. The van der Waals surface area contributed by atoms with E-state index in [9.17, 15) is 19.5 Å². The van der Waals surface area contributed by atoms with Crippen LogP contribution in [0.1, 0.15) is 16.9 Å². The highest BCUT2D eigenvalue weighted by atomic mass is 32.1. The number of thiazole rings is 1. The molecule has 2 heterocycles. The van der Waals surface area contributed by atoms with Crippen molar-refractivity contribution in [3.63, 3.8) is 0 Å². The number of primary amides is 1. The van der Waals surface area contributed by atoms with Crippen molar-refractivity contribution < 1.29 is 19.5 Å². The fraction of sp³-hybridized carbons (Fsp3) is 0.280. The Morgan fingerprint density at radius 3 is 2.47 bits per heavy atom. The summed E-state index contributed by atoms with van der Waals surface area (Å²) in [6.07, 6.45) is 1.24. The normalized spacial score (nSPS) is 18.4. The fourth-order valence-electron chi connectivity index (χ4n) is 4.11. The number of nitrogens with two attached hydrogens (primary N) is 1. The third kappa shape index (κ3) is 5.67. The van der Waals surface area contributed by atoms with Crippen LogP contribution in [0.5, 0.6) is 0 Å². The van der Waals surface area contributed by atoms with Crippen LogP contribution in [0.2, 0.25) is 0 Å². The van der Waals surface area contributed by atoms with E-state index in [0.717, 1.165) is 21.6 Å². The molecule has 0 saturated carbocycles. The molecular formula is C25H26N4O4S. The van der Waals surface area contributed by atoms with Crippen LogP contribution in [-0.4, -0.2) is 57.4 Å². The highest BCUT2D eigenvalue weighted by Gasteiger charge is 2.39. The lowest BCUT2D eigenvalue weighted by atomic mass is 10.00. The number of β-amino-alcohol motifs (C(OH)–C–C–N with tert-alkyl or cyclic N) is 1. The van der Waals surface area contributed by atoms with Crippen molar-refractivity contribution in [2.75, 3.05) is 6.54 Å².